The van der Waals surface area contributed by atoms with Gasteiger partial charge < -0.3 is 0 Å². The van der Waals surface area contributed by atoms with E-state index < -0.39 is 0 Å². The molecule has 1 aromatic heterocycles. The molecule has 0 aliphatic heterocycles. The van der Waals surface area contributed by atoms with Gasteiger partial charge in [-0.1, -0.05) is 6.92 Å². The van der Waals surface area contributed by atoms with Gasteiger partial charge in [0.25, 0.3) is 0 Å². The Kier molecular flexibility index (Phi) is 2.52. The Labute approximate surface area is 90.7 Å². The highest BCUT2D eigenvalue weighted by atomic mass is 15.2. The minimum Gasteiger partial charge on any atom is -0.276 e. The lowest BCUT2D eigenvalue weighted by Crippen LogP contribution is -2.18. The van der Waals surface area contributed by atoms with Crippen LogP contribution < -0.4 is 0 Å². The van der Waals surface area contributed by atoms with Crippen LogP contribution in [0.1, 0.15) is 31.9 Å². The van der Waals surface area contributed by atoms with Crippen molar-refractivity contribution >= 4 is 0 Å². The molecule has 2 atom stereocenters. The molecule has 80 valence electrons. The highest BCUT2D eigenvalue weighted by molar-refractivity contribution is 5.12. The molecule has 0 amide bonds. The van der Waals surface area contributed by atoms with Crippen LogP contribution >= 0.6 is 0 Å². The molecule has 0 radical (unpaired) electrons. The highest BCUT2D eigenvalue weighted by Gasteiger charge is 2.38. The summed E-state index contributed by atoms with van der Waals surface area (Å²) in [4.78, 5) is 0. The number of nitriles is 1. The lowest BCUT2D eigenvalue weighted by Gasteiger charge is -2.18. The van der Waals surface area contributed by atoms with Gasteiger partial charge in [-0.05, 0) is 31.2 Å². The van der Waals surface area contributed by atoms with Crippen LogP contribution in [0.2, 0.25) is 0 Å². The van der Waals surface area contributed by atoms with Gasteiger partial charge in [0, 0.05) is 19.7 Å². The molecule has 0 N–H and O–H groups in total. The summed E-state index contributed by atoms with van der Waals surface area (Å²) in [5.41, 5.74) is 0.904. The van der Waals surface area contributed by atoms with Crippen LogP contribution in [0.3, 0.4) is 0 Å². The van der Waals surface area contributed by atoms with Crippen LogP contribution in [-0.2, 0) is 13.5 Å². The van der Waals surface area contributed by atoms with E-state index in [-0.39, 0.29) is 5.41 Å². The van der Waals surface area contributed by atoms with Crippen molar-refractivity contribution in [3.05, 3.63) is 18.0 Å². The topological polar surface area (TPSA) is 41.6 Å². The summed E-state index contributed by atoms with van der Waals surface area (Å²) in [7, 11) is 1.92. The Balaban J connectivity index is 2.13. The summed E-state index contributed by atoms with van der Waals surface area (Å²) in [5.74, 6) is 0.688. The van der Waals surface area contributed by atoms with Crippen molar-refractivity contribution in [1.29, 1.82) is 5.26 Å². The van der Waals surface area contributed by atoms with Crippen LogP contribution in [0, 0.1) is 22.7 Å². The molecule has 2 rings (SSSR count). The van der Waals surface area contributed by atoms with Crippen molar-refractivity contribution < 1.29 is 0 Å². The number of aryl methyl sites for hydroxylation is 1. The first kappa shape index (κ1) is 10.2. The maximum absolute atomic E-state index is 9.32. The van der Waals surface area contributed by atoms with Crippen molar-refractivity contribution in [2.24, 2.45) is 18.4 Å². The first-order valence-electron chi connectivity index (χ1n) is 5.53. The number of hydrogen-bond acceptors (Lipinski definition) is 2. The van der Waals surface area contributed by atoms with Crippen LogP contribution in [0.15, 0.2) is 12.3 Å². The standard InChI is InChI=1S/C12H17N3/c1-10-3-5-12(7-10,9-13)8-11-4-6-15(2)14-11/h4,6,10H,3,5,7-8H2,1-2H3. The molecular weight excluding hydrogens is 186 g/mol. The number of hydrogen-bond donors (Lipinski definition) is 0. The van der Waals surface area contributed by atoms with Gasteiger partial charge in [-0.25, -0.2) is 0 Å². The van der Waals surface area contributed by atoms with E-state index in [4.69, 9.17) is 0 Å². The summed E-state index contributed by atoms with van der Waals surface area (Å²) < 4.78 is 1.80. The van der Waals surface area contributed by atoms with Crippen LogP contribution in [0.5, 0.6) is 0 Å². The summed E-state index contributed by atoms with van der Waals surface area (Å²) in [6.07, 6.45) is 6.00. The molecule has 1 heterocycles. The Bertz CT molecular complexity index is 388. The molecule has 0 aromatic carbocycles. The largest absolute Gasteiger partial charge is 0.276 e. The molecule has 0 saturated heterocycles. The third kappa shape index (κ3) is 2.04. The Morgan fingerprint density at radius 2 is 2.53 bits per heavy atom. The van der Waals surface area contributed by atoms with Gasteiger partial charge in [0.15, 0.2) is 0 Å². The molecule has 0 bridgehead atoms. The van der Waals surface area contributed by atoms with Crippen molar-refractivity contribution in [3.63, 3.8) is 0 Å². The van der Waals surface area contributed by atoms with E-state index in [9.17, 15) is 5.26 Å². The quantitative estimate of drug-likeness (QED) is 0.740. The maximum atomic E-state index is 9.32. The van der Waals surface area contributed by atoms with Crippen molar-refractivity contribution in [2.75, 3.05) is 0 Å². The van der Waals surface area contributed by atoms with Gasteiger partial charge in [-0.2, -0.15) is 10.4 Å². The van der Waals surface area contributed by atoms with E-state index in [0.29, 0.717) is 5.92 Å². The zero-order valence-corrected chi connectivity index (χ0v) is 9.40. The summed E-state index contributed by atoms with van der Waals surface area (Å²) in [6, 6.07) is 4.53. The van der Waals surface area contributed by atoms with E-state index >= 15 is 0 Å². The average molecular weight is 203 g/mol. The predicted octanol–water partition coefficient (Wildman–Crippen LogP) is 2.29. The van der Waals surface area contributed by atoms with Gasteiger partial charge in [0.05, 0.1) is 17.2 Å². The summed E-state index contributed by atoms with van der Waals surface area (Å²) in [6.45, 7) is 2.23. The van der Waals surface area contributed by atoms with E-state index in [1.165, 1.54) is 6.42 Å². The minimum absolute atomic E-state index is 0.145. The lowest BCUT2D eigenvalue weighted by molar-refractivity contribution is 0.386. The smallest absolute Gasteiger partial charge is 0.0693 e. The molecular formula is C12H17N3. The second kappa shape index (κ2) is 3.69. The van der Waals surface area contributed by atoms with Gasteiger partial charge in [-0.3, -0.25) is 4.68 Å². The molecule has 15 heavy (non-hydrogen) atoms. The highest BCUT2D eigenvalue weighted by Crippen LogP contribution is 2.43. The fourth-order valence-electron chi connectivity index (χ4n) is 2.60. The average Bonchev–Trinajstić information content (AvgIpc) is 2.75. The first-order valence-corrected chi connectivity index (χ1v) is 5.53. The number of rotatable bonds is 2. The molecule has 1 aliphatic carbocycles. The molecule has 2 unspecified atom stereocenters. The third-order valence-corrected chi connectivity index (χ3v) is 3.38. The zero-order chi connectivity index (χ0) is 10.9. The van der Waals surface area contributed by atoms with E-state index in [0.717, 1.165) is 25.0 Å². The van der Waals surface area contributed by atoms with Crippen LogP contribution in [-0.4, -0.2) is 9.78 Å². The van der Waals surface area contributed by atoms with Crippen LogP contribution in [0.25, 0.3) is 0 Å². The minimum atomic E-state index is -0.145. The summed E-state index contributed by atoms with van der Waals surface area (Å²) >= 11 is 0. The monoisotopic (exact) mass is 203 g/mol. The number of nitrogens with zero attached hydrogens (tertiary/aromatic N) is 3. The molecule has 1 fully saturated rings. The fraction of sp³-hybridized carbons (Fsp3) is 0.667. The second-order valence-electron chi connectivity index (χ2n) is 4.90. The Hall–Kier alpha value is -1.30. The third-order valence-electron chi connectivity index (χ3n) is 3.38. The van der Waals surface area contributed by atoms with E-state index in [2.05, 4.69) is 18.1 Å². The van der Waals surface area contributed by atoms with Crippen molar-refractivity contribution in [2.45, 2.75) is 32.6 Å². The van der Waals surface area contributed by atoms with Gasteiger partial charge >= 0.3 is 0 Å². The molecule has 1 saturated carbocycles. The van der Waals surface area contributed by atoms with E-state index in [1.807, 2.05) is 19.3 Å². The van der Waals surface area contributed by atoms with E-state index in [1.54, 1.807) is 4.68 Å². The SMILES string of the molecule is CC1CCC(C#N)(Cc2ccn(C)n2)C1. The molecule has 1 aromatic rings. The second-order valence-corrected chi connectivity index (χ2v) is 4.90. The van der Waals surface area contributed by atoms with Gasteiger partial charge in [0.2, 0.25) is 0 Å². The Morgan fingerprint density at radius 3 is 3.00 bits per heavy atom. The lowest BCUT2D eigenvalue weighted by atomic mass is 9.82. The molecule has 3 heteroatoms. The van der Waals surface area contributed by atoms with Crippen molar-refractivity contribution in [1.82, 2.24) is 9.78 Å². The molecule has 1 aliphatic rings. The van der Waals surface area contributed by atoms with Crippen molar-refractivity contribution in [3.8, 4) is 6.07 Å². The molecule has 0 spiro atoms. The summed E-state index contributed by atoms with van der Waals surface area (Å²) in [5, 5.41) is 13.7. The van der Waals surface area contributed by atoms with Crippen LogP contribution in [0.4, 0.5) is 0 Å². The first-order chi connectivity index (χ1) is 7.13. The number of aromatic nitrogens is 2. The molecule has 3 nitrogen and oxygen atoms in total. The maximum Gasteiger partial charge on any atom is 0.0693 e. The Morgan fingerprint density at radius 1 is 1.73 bits per heavy atom. The van der Waals surface area contributed by atoms with Gasteiger partial charge in [-0.15, -0.1) is 0 Å². The predicted molar refractivity (Wildman–Crippen MR) is 58.0 cm³/mol. The normalized spacial score (nSPS) is 30.3. The zero-order valence-electron chi connectivity index (χ0n) is 9.40. The fourth-order valence-corrected chi connectivity index (χ4v) is 2.60. The van der Waals surface area contributed by atoms with Gasteiger partial charge in [0.1, 0.15) is 0 Å².